The Morgan fingerprint density at radius 2 is 0.719 bits per heavy atom. The van der Waals surface area contributed by atoms with Gasteiger partial charge in [0.05, 0.1) is 38.6 Å². The summed E-state index contributed by atoms with van der Waals surface area (Å²) in [4.78, 5) is 13.4. The Morgan fingerprint density at radius 3 is 1.12 bits per heavy atom. The fraction of sp³-hybridized carbons (Fsp3) is 0.929. The number of amides is 1. The Kier molecular flexibility index (Phi) is 48.1. The minimum Gasteiger partial charge on any atom is -0.394 e. The maximum absolute atomic E-state index is 13.4. The molecular formula is C70H131NO18. The van der Waals surface area contributed by atoms with Crippen molar-refractivity contribution in [2.75, 3.05) is 26.4 Å². The average molecular weight is 1270 g/mol. The van der Waals surface area contributed by atoms with Gasteiger partial charge in [0, 0.05) is 6.42 Å². The molecule has 0 aromatic carbocycles. The van der Waals surface area contributed by atoms with Gasteiger partial charge in [0.25, 0.3) is 0 Å². The van der Waals surface area contributed by atoms with Crippen molar-refractivity contribution >= 4 is 5.91 Å². The lowest BCUT2D eigenvalue weighted by molar-refractivity contribution is -0.379. The van der Waals surface area contributed by atoms with E-state index in [9.17, 15) is 61.0 Å². The molecule has 0 saturated carbocycles. The van der Waals surface area contributed by atoms with Gasteiger partial charge in [0.15, 0.2) is 18.9 Å². The van der Waals surface area contributed by atoms with E-state index >= 15 is 0 Å². The minimum absolute atomic E-state index is 0.240. The summed E-state index contributed by atoms with van der Waals surface area (Å²) in [6.07, 6.45) is 33.4. The maximum Gasteiger partial charge on any atom is 0.220 e. The van der Waals surface area contributed by atoms with E-state index in [4.69, 9.17) is 28.4 Å². The zero-order valence-corrected chi connectivity index (χ0v) is 55.4. The van der Waals surface area contributed by atoms with Crippen molar-refractivity contribution in [1.82, 2.24) is 5.32 Å². The summed E-state index contributed by atoms with van der Waals surface area (Å²) < 4.78 is 34.3. The summed E-state index contributed by atoms with van der Waals surface area (Å²) in [5.74, 6) is -0.281. The Labute approximate surface area is 537 Å². The molecule has 1 amide bonds. The number of ether oxygens (including phenoxy) is 6. The highest BCUT2D eigenvalue weighted by Crippen LogP contribution is 2.33. The molecule has 3 aliphatic heterocycles. The van der Waals surface area contributed by atoms with E-state index in [1.165, 1.54) is 212 Å². The molecule has 0 bridgehead atoms. The van der Waals surface area contributed by atoms with Crippen molar-refractivity contribution in [3.63, 3.8) is 0 Å². The van der Waals surface area contributed by atoms with Gasteiger partial charge >= 0.3 is 0 Å². The van der Waals surface area contributed by atoms with E-state index in [1.54, 1.807) is 6.08 Å². The van der Waals surface area contributed by atoms with Gasteiger partial charge in [-0.1, -0.05) is 269 Å². The minimum atomic E-state index is -1.98. The van der Waals surface area contributed by atoms with Crippen LogP contribution >= 0.6 is 0 Å². The van der Waals surface area contributed by atoms with E-state index in [0.717, 1.165) is 38.5 Å². The Balaban J connectivity index is 1.34. The fourth-order valence-corrected chi connectivity index (χ4v) is 12.4. The molecule has 17 atom stereocenters. The van der Waals surface area contributed by atoms with Crippen LogP contribution in [0.2, 0.25) is 0 Å². The SMILES string of the molecule is CCCCCCCC/C=C/CC/C=C/C(O)C(COC1OC(CO)C(OC2OC(CO)C(OC3OC(CO)C(O)C(O)C3O)C(O)C2O)C(O)C1O)NC(=O)CCCCCCCCCCCCCCCCCCCCCCCCCCCCCCCCCC. The van der Waals surface area contributed by atoms with Crippen LogP contribution < -0.4 is 5.32 Å². The molecule has 0 spiro atoms. The van der Waals surface area contributed by atoms with E-state index in [2.05, 4.69) is 31.3 Å². The molecule has 3 fully saturated rings. The molecule has 19 heteroatoms. The predicted octanol–water partition coefficient (Wildman–Crippen LogP) is 9.83. The lowest BCUT2D eigenvalue weighted by Crippen LogP contribution is -2.66. The van der Waals surface area contributed by atoms with Crippen LogP contribution in [0.5, 0.6) is 0 Å². The Bertz CT molecular complexity index is 1710. The summed E-state index contributed by atoms with van der Waals surface area (Å²) >= 11 is 0. The number of nitrogens with one attached hydrogen (secondary N) is 1. The van der Waals surface area contributed by atoms with Crippen LogP contribution in [0.4, 0.5) is 0 Å². The predicted molar refractivity (Wildman–Crippen MR) is 346 cm³/mol. The summed E-state index contributed by atoms with van der Waals surface area (Å²) in [7, 11) is 0. The lowest BCUT2D eigenvalue weighted by atomic mass is 9.96. The molecule has 19 nitrogen and oxygen atoms in total. The molecule has 0 radical (unpaired) electrons. The highest BCUT2D eigenvalue weighted by molar-refractivity contribution is 5.76. The molecular weight excluding hydrogens is 1140 g/mol. The third-order valence-corrected chi connectivity index (χ3v) is 18.3. The molecule has 524 valence electrons. The second-order valence-electron chi connectivity index (χ2n) is 26.1. The molecule has 12 N–H and O–H groups in total. The lowest BCUT2D eigenvalue weighted by Gasteiger charge is -2.48. The average Bonchev–Trinajstić information content (AvgIpc) is 1.19. The molecule has 0 aliphatic carbocycles. The Morgan fingerprint density at radius 1 is 0.393 bits per heavy atom. The highest BCUT2D eigenvalue weighted by atomic mass is 16.8. The second-order valence-corrected chi connectivity index (χ2v) is 26.1. The topological polar surface area (TPSA) is 307 Å². The van der Waals surface area contributed by atoms with Gasteiger partial charge in [-0.25, -0.2) is 0 Å². The molecule has 3 aliphatic rings. The van der Waals surface area contributed by atoms with Crippen LogP contribution in [-0.2, 0) is 33.2 Å². The summed E-state index contributed by atoms with van der Waals surface area (Å²) in [6.45, 7) is 1.72. The van der Waals surface area contributed by atoms with Crippen LogP contribution in [0, 0.1) is 0 Å². The number of aliphatic hydroxyl groups is 11. The van der Waals surface area contributed by atoms with E-state index in [1.807, 2.05) is 6.08 Å². The number of carbonyl (C=O) groups is 1. The van der Waals surface area contributed by atoms with E-state index < -0.39 is 124 Å². The number of rotatable bonds is 56. The zero-order chi connectivity index (χ0) is 64.7. The van der Waals surface area contributed by atoms with Gasteiger partial charge < -0.3 is 89.9 Å². The molecule has 0 aromatic rings. The van der Waals surface area contributed by atoms with Crippen LogP contribution in [0.3, 0.4) is 0 Å². The van der Waals surface area contributed by atoms with Crippen LogP contribution in [0.1, 0.15) is 284 Å². The first-order valence-electron chi connectivity index (χ1n) is 36.1. The van der Waals surface area contributed by atoms with Gasteiger partial charge in [-0.3, -0.25) is 4.79 Å². The largest absolute Gasteiger partial charge is 0.394 e. The van der Waals surface area contributed by atoms with Crippen molar-refractivity contribution < 1.29 is 89.4 Å². The summed E-state index contributed by atoms with van der Waals surface area (Å²) in [5.41, 5.74) is 0. The van der Waals surface area contributed by atoms with Crippen molar-refractivity contribution in [2.24, 2.45) is 0 Å². The monoisotopic (exact) mass is 1270 g/mol. The summed E-state index contributed by atoms with van der Waals surface area (Å²) in [6, 6.07) is -0.986. The quantitative estimate of drug-likeness (QED) is 0.0199. The molecule has 3 rings (SSSR count). The normalized spacial score (nSPS) is 28.3. The first kappa shape index (κ1) is 81.5. The van der Waals surface area contributed by atoms with Crippen LogP contribution in [0.15, 0.2) is 24.3 Å². The van der Waals surface area contributed by atoms with Gasteiger partial charge in [-0.05, 0) is 32.1 Å². The fourth-order valence-electron chi connectivity index (χ4n) is 12.4. The first-order chi connectivity index (χ1) is 43.3. The second kappa shape index (κ2) is 52.5. The number of hydrogen-bond donors (Lipinski definition) is 12. The summed E-state index contributed by atoms with van der Waals surface area (Å²) in [5, 5.41) is 120. The van der Waals surface area contributed by atoms with Gasteiger partial charge in [-0.15, -0.1) is 0 Å². The number of carbonyl (C=O) groups excluding carboxylic acids is 1. The molecule has 3 saturated heterocycles. The number of unbranched alkanes of at least 4 members (excludes halogenated alkanes) is 38. The molecule has 89 heavy (non-hydrogen) atoms. The van der Waals surface area contributed by atoms with Crippen LogP contribution in [0.25, 0.3) is 0 Å². The molecule has 17 unspecified atom stereocenters. The maximum atomic E-state index is 13.4. The van der Waals surface area contributed by atoms with Crippen LogP contribution in [-0.4, -0.2) is 193 Å². The number of allylic oxidation sites excluding steroid dienone is 3. The third-order valence-electron chi connectivity index (χ3n) is 18.3. The van der Waals surface area contributed by atoms with Crippen molar-refractivity contribution in [2.45, 2.75) is 388 Å². The van der Waals surface area contributed by atoms with E-state index in [0.29, 0.717) is 12.8 Å². The van der Waals surface area contributed by atoms with E-state index in [-0.39, 0.29) is 18.9 Å². The van der Waals surface area contributed by atoms with Gasteiger partial charge in [0.2, 0.25) is 5.91 Å². The van der Waals surface area contributed by atoms with Crippen molar-refractivity contribution in [3.8, 4) is 0 Å². The van der Waals surface area contributed by atoms with Crippen molar-refractivity contribution in [3.05, 3.63) is 24.3 Å². The smallest absolute Gasteiger partial charge is 0.220 e. The molecule has 3 heterocycles. The zero-order valence-electron chi connectivity index (χ0n) is 55.4. The number of hydrogen-bond acceptors (Lipinski definition) is 18. The van der Waals surface area contributed by atoms with Gasteiger partial charge in [0.1, 0.15) is 73.2 Å². The highest BCUT2D eigenvalue weighted by Gasteiger charge is 2.53. The van der Waals surface area contributed by atoms with Gasteiger partial charge in [-0.2, -0.15) is 0 Å². The van der Waals surface area contributed by atoms with Crippen molar-refractivity contribution in [1.29, 1.82) is 0 Å². The standard InChI is InChI=1S/C70H131NO18/c1-3-5-7-9-11-13-15-17-18-19-20-21-22-23-24-25-26-27-28-29-30-31-32-33-34-35-36-38-40-42-44-46-48-58(76)71-53(54(75)47-45-43-41-39-37-16-14-12-10-8-6-4-2)52-84-68-64(82)61(79)66(56(50-73)86-68)89-70-65(83)62(80)67(57(51-74)87-70)88-69-63(81)60(78)59(77)55(49-72)85-69/h37,39,45,47,53-57,59-70,72-75,77-83H,3-36,38,40-44,46,48-52H2,1-2H3,(H,71,76)/b39-37+,47-45+. The Hall–Kier alpha value is -1.73. The molecule has 0 aromatic heterocycles. The first-order valence-corrected chi connectivity index (χ1v) is 36.1. The number of aliphatic hydroxyl groups excluding tert-OH is 11. The third kappa shape index (κ3) is 34.5.